The number of rotatable bonds is 5. The van der Waals surface area contributed by atoms with E-state index in [1.165, 1.54) is 0 Å². The number of hydrogen-bond donors (Lipinski definition) is 1. The second-order valence-electron chi connectivity index (χ2n) is 4.51. The Labute approximate surface area is 118 Å². The molecule has 0 radical (unpaired) electrons. The topological polar surface area (TPSA) is 46.5 Å². The van der Waals surface area contributed by atoms with Crippen LogP contribution in [-0.2, 0) is 9.53 Å². The highest BCUT2D eigenvalue weighted by atomic mass is 16.5. The molecule has 0 fully saturated rings. The summed E-state index contributed by atoms with van der Waals surface area (Å²) in [7, 11) is 0. The molecular weight excluding hydrogens is 252 g/mol. The van der Waals surface area contributed by atoms with E-state index in [9.17, 15) is 9.90 Å². The summed E-state index contributed by atoms with van der Waals surface area (Å²) >= 11 is 0. The zero-order valence-corrected chi connectivity index (χ0v) is 11.5. The third-order valence-electron chi connectivity index (χ3n) is 3.07. The van der Waals surface area contributed by atoms with Gasteiger partial charge in [0.25, 0.3) is 0 Å². The van der Waals surface area contributed by atoms with E-state index < -0.39 is 6.10 Å². The summed E-state index contributed by atoms with van der Waals surface area (Å²) < 4.78 is 4.83. The van der Waals surface area contributed by atoms with Crippen molar-refractivity contribution in [3.05, 3.63) is 60.2 Å². The normalized spacial score (nSPS) is 11.9. The van der Waals surface area contributed by atoms with Crippen molar-refractivity contribution in [1.29, 1.82) is 0 Å². The molecule has 3 nitrogen and oxygen atoms in total. The van der Waals surface area contributed by atoms with E-state index >= 15 is 0 Å². The van der Waals surface area contributed by atoms with Gasteiger partial charge in [0.15, 0.2) is 0 Å². The van der Waals surface area contributed by atoms with E-state index in [-0.39, 0.29) is 12.4 Å². The van der Waals surface area contributed by atoms with Gasteiger partial charge >= 0.3 is 5.97 Å². The summed E-state index contributed by atoms with van der Waals surface area (Å²) in [6.45, 7) is 2.08. The Morgan fingerprint density at radius 1 is 1.05 bits per heavy atom. The van der Waals surface area contributed by atoms with Crippen LogP contribution in [0.1, 0.15) is 25.0 Å². The number of aliphatic hydroxyl groups is 1. The van der Waals surface area contributed by atoms with Crippen LogP contribution in [0.4, 0.5) is 0 Å². The highest BCUT2D eigenvalue weighted by Gasteiger charge is 2.13. The predicted molar refractivity (Wildman–Crippen MR) is 78.1 cm³/mol. The molecule has 0 aromatic heterocycles. The van der Waals surface area contributed by atoms with Gasteiger partial charge in [-0.3, -0.25) is 4.79 Å². The molecule has 2 aromatic carbocycles. The van der Waals surface area contributed by atoms with Crippen molar-refractivity contribution in [2.45, 2.75) is 19.4 Å². The van der Waals surface area contributed by atoms with E-state index in [1.807, 2.05) is 54.6 Å². The van der Waals surface area contributed by atoms with Crippen molar-refractivity contribution in [1.82, 2.24) is 0 Å². The first-order chi connectivity index (χ1) is 9.70. The van der Waals surface area contributed by atoms with Gasteiger partial charge in [-0.15, -0.1) is 0 Å². The van der Waals surface area contributed by atoms with Crippen LogP contribution in [0.5, 0.6) is 0 Å². The Morgan fingerprint density at radius 3 is 2.25 bits per heavy atom. The average molecular weight is 270 g/mol. The third-order valence-corrected chi connectivity index (χ3v) is 3.07. The van der Waals surface area contributed by atoms with E-state index in [2.05, 4.69) is 0 Å². The largest absolute Gasteiger partial charge is 0.466 e. The Balaban J connectivity index is 2.06. The summed E-state index contributed by atoms with van der Waals surface area (Å²) in [5.41, 5.74) is 2.93. The molecule has 0 amide bonds. The number of esters is 1. The minimum Gasteiger partial charge on any atom is -0.466 e. The molecule has 2 rings (SSSR count). The highest BCUT2D eigenvalue weighted by molar-refractivity contribution is 5.70. The number of ether oxygens (including phenoxy) is 1. The lowest BCUT2D eigenvalue weighted by molar-refractivity contribution is -0.145. The van der Waals surface area contributed by atoms with Gasteiger partial charge in [0.1, 0.15) is 0 Å². The van der Waals surface area contributed by atoms with Crippen molar-refractivity contribution < 1.29 is 14.6 Å². The fraction of sp³-hybridized carbons (Fsp3) is 0.235. The molecule has 0 saturated carbocycles. The maximum absolute atomic E-state index is 11.3. The number of benzene rings is 2. The van der Waals surface area contributed by atoms with Crippen molar-refractivity contribution in [3.63, 3.8) is 0 Å². The first-order valence-electron chi connectivity index (χ1n) is 6.69. The van der Waals surface area contributed by atoms with Gasteiger partial charge in [0, 0.05) is 0 Å². The van der Waals surface area contributed by atoms with Gasteiger partial charge in [-0.25, -0.2) is 0 Å². The van der Waals surface area contributed by atoms with Gasteiger partial charge in [-0.05, 0) is 23.6 Å². The molecule has 1 N–H and O–H groups in total. The second kappa shape index (κ2) is 6.87. The molecule has 0 aliphatic carbocycles. The van der Waals surface area contributed by atoms with Gasteiger partial charge in [0.2, 0.25) is 0 Å². The number of aliphatic hydroxyl groups excluding tert-OH is 1. The predicted octanol–water partition coefficient (Wildman–Crippen LogP) is 3.34. The van der Waals surface area contributed by atoms with Crippen LogP contribution in [0.3, 0.4) is 0 Å². The average Bonchev–Trinajstić information content (AvgIpc) is 2.48. The number of hydrogen-bond acceptors (Lipinski definition) is 3. The van der Waals surface area contributed by atoms with E-state index in [0.29, 0.717) is 6.61 Å². The summed E-state index contributed by atoms with van der Waals surface area (Å²) in [5.74, 6) is -0.382. The Hall–Kier alpha value is -2.13. The van der Waals surface area contributed by atoms with E-state index in [0.717, 1.165) is 16.7 Å². The Morgan fingerprint density at radius 2 is 1.65 bits per heavy atom. The van der Waals surface area contributed by atoms with Gasteiger partial charge in [-0.1, -0.05) is 54.6 Å². The standard InChI is InChI=1S/C17H18O3/c1-2-20-17(19)12-16(18)15-10-8-14(9-11-15)13-6-4-3-5-7-13/h3-11,16,18H,2,12H2,1H3/t16-/m0/s1. The molecule has 0 heterocycles. The van der Waals surface area contributed by atoms with Gasteiger partial charge in [0.05, 0.1) is 19.1 Å². The van der Waals surface area contributed by atoms with Crippen LogP contribution in [-0.4, -0.2) is 17.7 Å². The van der Waals surface area contributed by atoms with Crippen LogP contribution in [0.25, 0.3) is 11.1 Å². The summed E-state index contributed by atoms with van der Waals surface area (Å²) in [6, 6.07) is 17.6. The lowest BCUT2D eigenvalue weighted by Gasteiger charge is -2.11. The first kappa shape index (κ1) is 14.3. The lowest BCUT2D eigenvalue weighted by atomic mass is 10.0. The minimum atomic E-state index is -0.820. The lowest BCUT2D eigenvalue weighted by Crippen LogP contribution is -2.09. The van der Waals surface area contributed by atoms with Gasteiger partial charge < -0.3 is 9.84 Å². The quantitative estimate of drug-likeness (QED) is 0.848. The third kappa shape index (κ3) is 3.68. The number of carbonyl (C=O) groups is 1. The number of carbonyl (C=O) groups excluding carboxylic acids is 1. The van der Waals surface area contributed by atoms with Crippen molar-refractivity contribution in [3.8, 4) is 11.1 Å². The van der Waals surface area contributed by atoms with Crippen molar-refractivity contribution >= 4 is 5.97 Å². The van der Waals surface area contributed by atoms with Crippen LogP contribution in [0.2, 0.25) is 0 Å². The molecule has 0 saturated heterocycles. The molecule has 0 aliphatic heterocycles. The molecule has 20 heavy (non-hydrogen) atoms. The molecule has 0 aliphatic rings. The van der Waals surface area contributed by atoms with Crippen LogP contribution < -0.4 is 0 Å². The molecule has 1 atom stereocenters. The zero-order chi connectivity index (χ0) is 14.4. The monoisotopic (exact) mass is 270 g/mol. The Kier molecular flexibility index (Phi) is 4.91. The summed E-state index contributed by atoms with van der Waals surface area (Å²) in [5, 5.41) is 9.98. The molecular formula is C17H18O3. The van der Waals surface area contributed by atoms with Crippen LogP contribution in [0.15, 0.2) is 54.6 Å². The van der Waals surface area contributed by atoms with Gasteiger partial charge in [-0.2, -0.15) is 0 Å². The molecule has 3 heteroatoms. The van der Waals surface area contributed by atoms with Crippen molar-refractivity contribution in [2.24, 2.45) is 0 Å². The maximum Gasteiger partial charge on any atom is 0.308 e. The Bertz CT molecular complexity index is 546. The molecule has 2 aromatic rings. The van der Waals surface area contributed by atoms with E-state index in [1.54, 1.807) is 6.92 Å². The fourth-order valence-electron chi connectivity index (χ4n) is 2.02. The van der Waals surface area contributed by atoms with Crippen LogP contribution in [0, 0.1) is 0 Å². The summed E-state index contributed by atoms with van der Waals surface area (Å²) in [6.07, 6.45) is -0.836. The maximum atomic E-state index is 11.3. The zero-order valence-electron chi connectivity index (χ0n) is 11.5. The minimum absolute atomic E-state index is 0.0154. The van der Waals surface area contributed by atoms with Crippen molar-refractivity contribution in [2.75, 3.05) is 6.61 Å². The smallest absolute Gasteiger partial charge is 0.308 e. The first-order valence-corrected chi connectivity index (χ1v) is 6.69. The SMILES string of the molecule is CCOC(=O)C[C@H](O)c1ccc(-c2ccccc2)cc1. The van der Waals surface area contributed by atoms with E-state index in [4.69, 9.17) is 4.74 Å². The molecule has 0 unspecified atom stereocenters. The summed E-state index contributed by atoms with van der Waals surface area (Å²) in [4.78, 5) is 11.3. The molecule has 104 valence electrons. The molecule has 0 bridgehead atoms. The highest BCUT2D eigenvalue weighted by Crippen LogP contribution is 2.23. The second-order valence-corrected chi connectivity index (χ2v) is 4.51. The molecule has 0 spiro atoms. The fourth-order valence-corrected chi connectivity index (χ4v) is 2.02. The van der Waals surface area contributed by atoms with Crippen LogP contribution >= 0.6 is 0 Å².